The molecule has 0 aliphatic heterocycles. The topological polar surface area (TPSA) is 35.5 Å². The third-order valence-corrected chi connectivity index (χ3v) is 5.23. The van der Waals surface area contributed by atoms with E-state index >= 15 is 0 Å². The lowest BCUT2D eigenvalue weighted by atomic mass is 9.90. The Morgan fingerprint density at radius 2 is 1.53 bits per heavy atom. The van der Waals surface area contributed by atoms with Gasteiger partial charge in [-0.05, 0) is 54.2 Å². The standard InChI is InChI=1S/C27H30O3/c1-5-29-26(28)27(4,30-24-17-15-21(16-18-24)20(2)3)19-23-13-9-10-14-25(23)22-11-7-6-8-12-22/h6-18,20H,5,19H2,1-4H3. The van der Waals surface area contributed by atoms with Gasteiger partial charge in [0.05, 0.1) is 6.61 Å². The van der Waals surface area contributed by atoms with Crippen LogP contribution in [-0.4, -0.2) is 18.2 Å². The Morgan fingerprint density at radius 1 is 0.900 bits per heavy atom. The summed E-state index contributed by atoms with van der Waals surface area (Å²) in [6.07, 6.45) is 0.406. The van der Waals surface area contributed by atoms with Crippen molar-refractivity contribution in [3.8, 4) is 16.9 Å². The van der Waals surface area contributed by atoms with E-state index < -0.39 is 5.60 Å². The van der Waals surface area contributed by atoms with E-state index in [0.29, 0.717) is 24.7 Å². The smallest absolute Gasteiger partial charge is 0.350 e. The van der Waals surface area contributed by atoms with E-state index in [1.807, 2.05) is 74.5 Å². The molecule has 3 aromatic rings. The fourth-order valence-corrected chi connectivity index (χ4v) is 3.55. The average molecular weight is 403 g/mol. The van der Waals surface area contributed by atoms with Crippen molar-refractivity contribution < 1.29 is 14.3 Å². The summed E-state index contributed by atoms with van der Waals surface area (Å²) in [5.41, 5.74) is 3.33. The molecule has 3 rings (SSSR count). The van der Waals surface area contributed by atoms with Gasteiger partial charge in [-0.3, -0.25) is 0 Å². The Kier molecular flexibility index (Phi) is 6.94. The molecule has 0 saturated carbocycles. The molecule has 3 nitrogen and oxygen atoms in total. The average Bonchev–Trinajstić information content (AvgIpc) is 2.75. The molecule has 156 valence electrons. The molecule has 0 N–H and O–H groups in total. The molecule has 0 aliphatic carbocycles. The Balaban J connectivity index is 1.94. The Bertz CT molecular complexity index is 961. The zero-order valence-corrected chi connectivity index (χ0v) is 18.2. The van der Waals surface area contributed by atoms with Gasteiger partial charge in [-0.15, -0.1) is 0 Å². The molecule has 0 saturated heterocycles. The molecule has 0 fully saturated rings. The Morgan fingerprint density at radius 3 is 2.17 bits per heavy atom. The van der Waals surface area contributed by atoms with Crippen LogP contribution in [-0.2, 0) is 16.0 Å². The molecule has 1 unspecified atom stereocenters. The third-order valence-electron chi connectivity index (χ3n) is 5.23. The summed E-state index contributed by atoms with van der Waals surface area (Å²) in [6.45, 7) is 8.24. The van der Waals surface area contributed by atoms with E-state index in [9.17, 15) is 4.79 Å². The number of hydrogen-bond donors (Lipinski definition) is 0. The van der Waals surface area contributed by atoms with Crippen LogP contribution in [0.1, 0.15) is 44.7 Å². The summed E-state index contributed by atoms with van der Waals surface area (Å²) in [5.74, 6) is 0.737. The van der Waals surface area contributed by atoms with Crippen molar-refractivity contribution in [1.82, 2.24) is 0 Å². The van der Waals surface area contributed by atoms with Crippen molar-refractivity contribution in [2.24, 2.45) is 0 Å². The quantitative estimate of drug-likeness (QED) is 0.408. The van der Waals surface area contributed by atoms with Gasteiger partial charge >= 0.3 is 5.97 Å². The van der Waals surface area contributed by atoms with Gasteiger partial charge in [0.1, 0.15) is 5.75 Å². The van der Waals surface area contributed by atoms with Crippen molar-refractivity contribution in [2.45, 2.75) is 45.6 Å². The number of carbonyl (C=O) groups is 1. The maximum Gasteiger partial charge on any atom is 0.350 e. The summed E-state index contributed by atoms with van der Waals surface area (Å²) in [4.78, 5) is 12.9. The number of carbonyl (C=O) groups excluding carboxylic acids is 1. The van der Waals surface area contributed by atoms with Gasteiger partial charge in [0.2, 0.25) is 5.60 Å². The van der Waals surface area contributed by atoms with Gasteiger partial charge in [-0.25, -0.2) is 4.79 Å². The second-order valence-electron chi connectivity index (χ2n) is 7.98. The molecule has 1 atom stereocenters. The van der Waals surface area contributed by atoms with Crippen LogP contribution in [0.25, 0.3) is 11.1 Å². The third kappa shape index (κ3) is 5.10. The van der Waals surface area contributed by atoms with Crippen LogP contribution in [0.3, 0.4) is 0 Å². The molecule has 0 spiro atoms. The minimum absolute atomic E-state index is 0.310. The number of esters is 1. The number of hydrogen-bond acceptors (Lipinski definition) is 3. The van der Waals surface area contributed by atoms with E-state index in [2.05, 4.69) is 32.0 Å². The van der Waals surface area contributed by atoms with Crippen LogP contribution in [0, 0.1) is 0 Å². The van der Waals surface area contributed by atoms with E-state index in [1.54, 1.807) is 0 Å². The van der Waals surface area contributed by atoms with Crippen LogP contribution in [0.2, 0.25) is 0 Å². The van der Waals surface area contributed by atoms with Crippen molar-refractivity contribution in [2.75, 3.05) is 6.61 Å². The highest BCUT2D eigenvalue weighted by molar-refractivity contribution is 5.81. The summed E-state index contributed by atoms with van der Waals surface area (Å²) >= 11 is 0. The summed E-state index contributed by atoms with van der Waals surface area (Å²) in [7, 11) is 0. The van der Waals surface area contributed by atoms with Crippen LogP contribution >= 0.6 is 0 Å². The normalized spacial score (nSPS) is 13.0. The van der Waals surface area contributed by atoms with Crippen LogP contribution in [0.5, 0.6) is 5.75 Å². The van der Waals surface area contributed by atoms with E-state index in [0.717, 1.165) is 16.7 Å². The van der Waals surface area contributed by atoms with Crippen LogP contribution in [0.4, 0.5) is 0 Å². The summed E-state index contributed by atoms with van der Waals surface area (Å²) in [5, 5.41) is 0. The van der Waals surface area contributed by atoms with E-state index in [1.165, 1.54) is 5.56 Å². The first-order valence-corrected chi connectivity index (χ1v) is 10.5. The van der Waals surface area contributed by atoms with Gasteiger partial charge < -0.3 is 9.47 Å². The highest BCUT2D eigenvalue weighted by Crippen LogP contribution is 2.30. The van der Waals surface area contributed by atoms with Gasteiger partial charge in [0.15, 0.2) is 0 Å². The minimum atomic E-state index is -1.14. The molecule has 0 bridgehead atoms. The molecule has 0 aliphatic rings. The first-order chi connectivity index (χ1) is 14.4. The van der Waals surface area contributed by atoms with Gasteiger partial charge in [0.25, 0.3) is 0 Å². The van der Waals surface area contributed by atoms with Gasteiger partial charge in [-0.2, -0.15) is 0 Å². The first kappa shape index (κ1) is 21.6. The van der Waals surface area contributed by atoms with E-state index in [4.69, 9.17) is 9.47 Å². The van der Waals surface area contributed by atoms with Crippen molar-refractivity contribution in [3.63, 3.8) is 0 Å². The predicted octanol–water partition coefficient (Wildman–Crippen LogP) is 6.42. The number of ether oxygens (including phenoxy) is 2. The summed E-state index contributed by atoms with van der Waals surface area (Å²) < 4.78 is 11.7. The highest BCUT2D eigenvalue weighted by Gasteiger charge is 2.38. The lowest BCUT2D eigenvalue weighted by molar-refractivity contribution is -0.160. The van der Waals surface area contributed by atoms with Crippen molar-refractivity contribution in [1.29, 1.82) is 0 Å². The number of rotatable bonds is 8. The molecule has 0 aromatic heterocycles. The van der Waals surface area contributed by atoms with Crippen LogP contribution < -0.4 is 4.74 Å². The molecular weight excluding hydrogens is 372 g/mol. The molecule has 3 aromatic carbocycles. The first-order valence-electron chi connectivity index (χ1n) is 10.5. The van der Waals surface area contributed by atoms with Gasteiger partial charge in [-0.1, -0.05) is 80.6 Å². The molecule has 0 radical (unpaired) electrons. The maximum absolute atomic E-state index is 12.9. The SMILES string of the molecule is CCOC(=O)C(C)(Cc1ccccc1-c1ccccc1)Oc1ccc(C(C)C)cc1. The fraction of sp³-hybridized carbons (Fsp3) is 0.296. The van der Waals surface area contributed by atoms with E-state index in [-0.39, 0.29) is 5.97 Å². The highest BCUT2D eigenvalue weighted by atomic mass is 16.6. The minimum Gasteiger partial charge on any atom is -0.476 e. The Labute approximate surface area is 179 Å². The van der Waals surface area contributed by atoms with Crippen molar-refractivity contribution in [3.05, 3.63) is 90.0 Å². The second-order valence-corrected chi connectivity index (χ2v) is 7.98. The largest absolute Gasteiger partial charge is 0.476 e. The van der Waals surface area contributed by atoms with Gasteiger partial charge in [0, 0.05) is 6.42 Å². The predicted molar refractivity (Wildman–Crippen MR) is 122 cm³/mol. The lowest BCUT2D eigenvalue weighted by Crippen LogP contribution is -2.45. The number of benzene rings is 3. The molecule has 0 heterocycles. The zero-order chi connectivity index (χ0) is 21.6. The lowest BCUT2D eigenvalue weighted by Gasteiger charge is -2.29. The second kappa shape index (κ2) is 9.62. The maximum atomic E-state index is 12.9. The molecular formula is C27H30O3. The monoisotopic (exact) mass is 402 g/mol. The molecule has 3 heteroatoms. The van der Waals surface area contributed by atoms with Crippen molar-refractivity contribution >= 4 is 5.97 Å². The fourth-order valence-electron chi connectivity index (χ4n) is 3.55. The van der Waals surface area contributed by atoms with Crippen LogP contribution in [0.15, 0.2) is 78.9 Å². The summed E-state index contributed by atoms with van der Waals surface area (Å²) in [6, 6.07) is 26.3. The molecule has 30 heavy (non-hydrogen) atoms. The zero-order valence-electron chi connectivity index (χ0n) is 18.2. The Hall–Kier alpha value is -3.07. The molecule has 0 amide bonds.